The van der Waals surface area contributed by atoms with Gasteiger partial charge >= 0.3 is 0 Å². The van der Waals surface area contributed by atoms with Crippen molar-refractivity contribution in [3.63, 3.8) is 0 Å². The molecule has 126 valence electrons. The Morgan fingerprint density at radius 1 is 1.17 bits per heavy atom. The number of rotatable bonds is 6. The van der Waals surface area contributed by atoms with Gasteiger partial charge in [0.1, 0.15) is 17.1 Å². The first kappa shape index (κ1) is 16.8. The Kier molecular flexibility index (Phi) is 4.96. The lowest BCUT2D eigenvalue weighted by Crippen LogP contribution is -2.32. The van der Waals surface area contributed by atoms with Crippen molar-refractivity contribution in [3.8, 4) is 11.5 Å². The minimum Gasteiger partial charge on any atom is -0.507 e. The number of hydrogen-bond acceptors (Lipinski definition) is 3. The van der Waals surface area contributed by atoms with Crippen molar-refractivity contribution < 1.29 is 9.84 Å². The fourth-order valence-corrected chi connectivity index (χ4v) is 4.95. The van der Waals surface area contributed by atoms with E-state index in [1.165, 1.54) is 48.1 Å². The lowest BCUT2D eigenvalue weighted by atomic mass is 9.90. The Bertz CT molecular complexity index is 616. The summed E-state index contributed by atoms with van der Waals surface area (Å²) in [4.78, 5) is 1.30. The molecule has 0 saturated carbocycles. The molecule has 2 aliphatic rings. The second-order valence-electron chi connectivity index (χ2n) is 7.17. The van der Waals surface area contributed by atoms with Crippen LogP contribution in [0, 0.1) is 0 Å². The molecule has 0 amide bonds. The molecule has 2 nitrogen and oxygen atoms in total. The topological polar surface area (TPSA) is 29.5 Å². The number of phenolic OH excluding ortho intramolecular Hbond substituents is 1. The quantitative estimate of drug-likeness (QED) is 0.655. The summed E-state index contributed by atoms with van der Waals surface area (Å²) in [5, 5.41) is 10.6. The van der Waals surface area contributed by atoms with Crippen molar-refractivity contribution in [2.75, 3.05) is 5.75 Å². The molecular weight excluding hydrogens is 304 g/mol. The predicted octanol–water partition coefficient (Wildman–Crippen LogP) is 5.92. The first-order valence-corrected chi connectivity index (χ1v) is 9.93. The highest BCUT2D eigenvalue weighted by Gasteiger charge is 2.39. The number of fused-ring (bicyclic) bond motifs is 2. The molecular formula is C20H28O2S. The fraction of sp³-hybridized carbons (Fsp3) is 0.600. The van der Waals surface area contributed by atoms with Gasteiger partial charge in [0.25, 0.3) is 0 Å². The summed E-state index contributed by atoms with van der Waals surface area (Å²) in [6.45, 7) is 6.51. The summed E-state index contributed by atoms with van der Waals surface area (Å²) in [5.41, 5.74) is 3.17. The van der Waals surface area contributed by atoms with E-state index in [1.807, 2.05) is 17.8 Å². The normalized spacial score (nSPS) is 18.6. The number of phenols is 1. The van der Waals surface area contributed by atoms with Gasteiger partial charge in [-0.25, -0.2) is 0 Å². The molecule has 3 heteroatoms. The van der Waals surface area contributed by atoms with Gasteiger partial charge in [-0.15, -0.1) is 11.8 Å². The number of aryl methyl sites for hydroxylation is 1. The van der Waals surface area contributed by atoms with Gasteiger partial charge < -0.3 is 9.84 Å². The van der Waals surface area contributed by atoms with Gasteiger partial charge in [-0.3, -0.25) is 0 Å². The average molecular weight is 333 g/mol. The van der Waals surface area contributed by atoms with E-state index < -0.39 is 0 Å². The highest BCUT2D eigenvalue weighted by atomic mass is 32.2. The molecule has 2 aliphatic heterocycles. The summed E-state index contributed by atoms with van der Waals surface area (Å²) in [6, 6.07) is 4.11. The van der Waals surface area contributed by atoms with Crippen molar-refractivity contribution in [1.82, 2.24) is 0 Å². The molecule has 1 aromatic rings. The summed E-state index contributed by atoms with van der Waals surface area (Å²) >= 11 is 1.87. The van der Waals surface area contributed by atoms with Crippen LogP contribution in [0.15, 0.2) is 17.0 Å². The van der Waals surface area contributed by atoms with E-state index in [1.54, 1.807) is 0 Å². The van der Waals surface area contributed by atoms with Crippen LogP contribution in [0.4, 0.5) is 0 Å². The molecule has 0 aliphatic carbocycles. The highest BCUT2D eigenvalue weighted by Crippen LogP contribution is 2.53. The summed E-state index contributed by atoms with van der Waals surface area (Å²) in [5.74, 6) is 2.37. The smallest absolute Gasteiger partial charge is 0.134 e. The zero-order valence-electron chi connectivity index (χ0n) is 14.6. The molecule has 0 fully saturated rings. The van der Waals surface area contributed by atoms with Crippen LogP contribution in [0.25, 0.3) is 5.57 Å². The van der Waals surface area contributed by atoms with Crippen molar-refractivity contribution in [1.29, 1.82) is 0 Å². The maximum absolute atomic E-state index is 10.6. The molecule has 0 unspecified atom stereocenters. The van der Waals surface area contributed by atoms with Gasteiger partial charge in [0.2, 0.25) is 0 Å². The van der Waals surface area contributed by atoms with Crippen LogP contribution in [-0.4, -0.2) is 16.5 Å². The van der Waals surface area contributed by atoms with E-state index in [0.717, 1.165) is 29.9 Å². The van der Waals surface area contributed by atoms with Gasteiger partial charge in [0.05, 0.1) is 5.56 Å². The summed E-state index contributed by atoms with van der Waals surface area (Å²) < 4.78 is 6.26. The molecule has 0 saturated heterocycles. The zero-order valence-corrected chi connectivity index (χ0v) is 15.4. The molecule has 1 N–H and O–H groups in total. The van der Waals surface area contributed by atoms with Crippen molar-refractivity contribution >= 4 is 17.3 Å². The minimum absolute atomic E-state index is 0.268. The predicted molar refractivity (Wildman–Crippen MR) is 99.3 cm³/mol. The van der Waals surface area contributed by atoms with Gasteiger partial charge in [0, 0.05) is 10.7 Å². The van der Waals surface area contributed by atoms with Crippen LogP contribution >= 0.6 is 11.8 Å². The number of benzene rings is 1. The van der Waals surface area contributed by atoms with E-state index in [0.29, 0.717) is 5.75 Å². The summed E-state index contributed by atoms with van der Waals surface area (Å²) in [6.07, 6.45) is 8.41. The lowest BCUT2D eigenvalue weighted by Gasteiger charge is -2.34. The van der Waals surface area contributed by atoms with Crippen LogP contribution < -0.4 is 4.74 Å². The van der Waals surface area contributed by atoms with Gasteiger partial charge in [-0.1, -0.05) is 32.6 Å². The maximum Gasteiger partial charge on any atom is 0.134 e. The van der Waals surface area contributed by atoms with Crippen LogP contribution in [0.5, 0.6) is 11.5 Å². The Hall–Kier alpha value is -1.09. The van der Waals surface area contributed by atoms with E-state index in [4.69, 9.17) is 4.74 Å². The number of unbranched alkanes of at least 4 members (excludes halogenated alkanes) is 4. The fourth-order valence-electron chi connectivity index (χ4n) is 3.67. The molecule has 1 aromatic carbocycles. The van der Waals surface area contributed by atoms with Crippen LogP contribution in [0.3, 0.4) is 0 Å². The van der Waals surface area contributed by atoms with Crippen LogP contribution in [-0.2, 0) is 6.42 Å². The van der Waals surface area contributed by atoms with E-state index in [9.17, 15) is 5.11 Å². The van der Waals surface area contributed by atoms with Crippen molar-refractivity contribution in [2.24, 2.45) is 0 Å². The Labute approximate surface area is 144 Å². The van der Waals surface area contributed by atoms with E-state index in [2.05, 4.69) is 26.8 Å². The summed E-state index contributed by atoms with van der Waals surface area (Å²) in [7, 11) is 0. The molecule has 0 atom stereocenters. The number of thioether (sulfide) groups is 1. The molecule has 23 heavy (non-hydrogen) atoms. The monoisotopic (exact) mass is 332 g/mol. The highest BCUT2D eigenvalue weighted by molar-refractivity contribution is 8.03. The molecule has 0 bridgehead atoms. The maximum atomic E-state index is 10.6. The molecule has 0 spiro atoms. The molecule has 2 heterocycles. The van der Waals surface area contributed by atoms with Gasteiger partial charge in [0.15, 0.2) is 0 Å². The Morgan fingerprint density at radius 3 is 2.74 bits per heavy atom. The standard InChI is InChI=1S/C20H28O2S/c1-4-5-6-7-8-9-14-12-16(21)18-15-10-11-23-19(15)20(2,3)22-17(18)13-14/h12-13,21H,4-11H2,1-3H3. The number of hydrogen-bond donors (Lipinski definition) is 1. The van der Waals surface area contributed by atoms with Crippen LogP contribution in [0.1, 0.15) is 70.4 Å². The SMILES string of the molecule is CCCCCCCc1cc(O)c2c(c1)OC(C)(C)C1=C2CCS1. The molecule has 3 rings (SSSR count). The van der Waals surface area contributed by atoms with Crippen molar-refractivity contribution in [2.45, 2.75) is 71.3 Å². The van der Waals surface area contributed by atoms with Gasteiger partial charge in [-0.2, -0.15) is 0 Å². The second kappa shape index (κ2) is 6.80. The third kappa shape index (κ3) is 3.40. The third-order valence-corrected chi connectivity index (χ3v) is 6.23. The lowest BCUT2D eigenvalue weighted by molar-refractivity contribution is 0.153. The first-order valence-electron chi connectivity index (χ1n) is 8.94. The third-order valence-electron chi connectivity index (χ3n) is 4.80. The van der Waals surface area contributed by atoms with Crippen LogP contribution in [0.2, 0.25) is 0 Å². The molecule has 0 aromatic heterocycles. The van der Waals surface area contributed by atoms with Crippen molar-refractivity contribution in [3.05, 3.63) is 28.2 Å². The van der Waals surface area contributed by atoms with Gasteiger partial charge in [-0.05, 0) is 56.4 Å². The minimum atomic E-state index is -0.268. The van der Waals surface area contributed by atoms with E-state index >= 15 is 0 Å². The second-order valence-corrected chi connectivity index (χ2v) is 8.28. The molecule has 0 radical (unpaired) electrons. The van der Waals surface area contributed by atoms with E-state index in [-0.39, 0.29) is 5.60 Å². The Morgan fingerprint density at radius 2 is 1.96 bits per heavy atom. The Balaban J connectivity index is 1.80. The number of allylic oxidation sites excluding steroid dienone is 1. The largest absolute Gasteiger partial charge is 0.507 e. The first-order chi connectivity index (χ1) is 11.0. The zero-order chi connectivity index (χ0) is 16.4. The number of ether oxygens (including phenoxy) is 1. The average Bonchev–Trinajstić information content (AvgIpc) is 2.96. The number of aromatic hydroxyl groups is 1.